The minimum Gasteiger partial charge on any atom is -0.352 e. The maximum Gasteiger partial charge on any atom is 0.204 e. The van der Waals surface area contributed by atoms with Gasteiger partial charge in [0.15, 0.2) is 5.96 Å². The smallest absolute Gasteiger partial charge is 0.204 e. The van der Waals surface area contributed by atoms with Crippen LogP contribution in [0, 0.1) is 6.92 Å². The maximum absolute atomic E-state index is 4.45. The second kappa shape index (κ2) is 7.12. The molecular formula is C16H27N9. The Morgan fingerprint density at radius 1 is 1.44 bits per heavy atom. The molecule has 0 saturated carbocycles. The molecule has 3 rings (SSSR count). The van der Waals surface area contributed by atoms with Crippen LogP contribution < -0.4 is 15.5 Å². The molecule has 3 heterocycles. The van der Waals surface area contributed by atoms with Gasteiger partial charge in [-0.3, -0.25) is 4.99 Å². The van der Waals surface area contributed by atoms with Crippen LogP contribution in [-0.2, 0) is 26.6 Å². The van der Waals surface area contributed by atoms with E-state index in [0.717, 1.165) is 48.6 Å². The van der Waals surface area contributed by atoms with Gasteiger partial charge in [0.05, 0.1) is 25.0 Å². The summed E-state index contributed by atoms with van der Waals surface area (Å²) in [4.78, 5) is 15.2. The zero-order valence-electron chi connectivity index (χ0n) is 15.6. The molecular weight excluding hydrogens is 318 g/mol. The van der Waals surface area contributed by atoms with Gasteiger partial charge >= 0.3 is 0 Å². The normalized spacial score (nSPS) is 17.3. The third kappa shape index (κ3) is 3.75. The highest BCUT2D eigenvalue weighted by Crippen LogP contribution is 2.13. The molecule has 2 aromatic heterocycles. The number of nitrogens with one attached hydrogen (secondary N) is 2. The number of imidazole rings is 1. The number of aryl methyl sites for hydroxylation is 2. The summed E-state index contributed by atoms with van der Waals surface area (Å²) < 4.78 is 4.07. The van der Waals surface area contributed by atoms with Gasteiger partial charge in [-0.05, 0) is 13.3 Å². The van der Waals surface area contributed by atoms with Gasteiger partial charge < -0.3 is 20.1 Å². The Balaban J connectivity index is 1.57. The van der Waals surface area contributed by atoms with Crippen molar-refractivity contribution in [2.45, 2.75) is 38.9 Å². The van der Waals surface area contributed by atoms with Crippen LogP contribution in [0.25, 0.3) is 0 Å². The summed E-state index contributed by atoms with van der Waals surface area (Å²) in [5.41, 5.74) is 1.10. The Hall–Kier alpha value is -2.58. The summed E-state index contributed by atoms with van der Waals surface area (Å²) in [6.07, 6.45) is 3.85. The number of rotatable bonds is 4. The molecule has 1 unspecified atom stereocenters. The predicted molar refractivity (Wildman–Crippen MR) is 97.7 cm³/mol. The number of aliphatic imine (C=N–C) groups is 1. The van der Waals surface area contributed by atoms with E-state index in [0.29, 0.717) is 12.6 Å². The maximum atomic E-state index is 4.45. The first-order chi connectivity index (χ1) is 12.0. The fourth-order valence-electron chi connectivity index (χ4n) is 3.13. The summed E-state index contributed by atoms with van der Waals surface area (Å²) >= 11 is 0. The molecule has 25 heavy (non-hydrogen) atoms. The van der Waals surface area contributed by atoms with Gasteiger partial charge in [0.2, 0.25) is 5.95 Å². The fourth-order valence-corrected chi connectivity index (χ4v) is 3.13. The molecule has 1 aliphatic heterocycles. The summed E-state index contributed by atoms with van der Waals surface area (Å²) in [6, 6.07) is 0.295. The Morgan fingerprint density at radius 2 is 2.24 bits per heavy atom. The highest BCUT2D eigenvalue weighted by molar-refractivity contribution is 5.79. The monoisotopic (exact) mass is 345 g/mol. The molecule has 9 nitrogen and oxygen atoms in total. The molecule has 0 saturated heterocycles. The molecule has 0 bridgehead atoms. The molecule has 1 atom stereocenters. The van der Waals surface area contributed by atoms with Gasteiger partial charge in [0.1, 0.15) is 11.6 Å². The van der Waals surface area contributed by atoms with E-state index in [1.807, 2.05) is 43.8 Å². The Kier molecular flexibility index (Phi) is 4.91. The lowest BCUT2D eigenvalue weighted by Crippen LogP contribution is -2.47. The van der Waals surface area contributed by atoms with Crippen LogP contribution in [0.4, 0.5) is 5.95 Å². The lowest BCUT2D eigenvalue weighted by atomic mass is 10.1. The molecule has 0 radical (unpaired) electrons. The molecule has 2 N–H and O–H groups in total. The van der Waals surface area contributed by atoms with Crippen LogP contribution in [0.3, 0.4) is 0 Å². The zero-order chi connectivity index (χ0) is 18.0. The van der Waals surface area contributed by atoms with Crippen molar-refractivity contribution < 1.29 is 0 Å². The topological polar surface area (TPSA) is 88.2 Å². The first-order valence-corrected chi connectivity index (χ1v) is 8.53. The van der Waals surface area contributed by atoms with Crippen LogP contribution in [0.15, 0.2) is 11.2 Å². The van der Waals surface area contributed by atoms with Gasteiger partial charge in [0, 0.05) is 40.7 Å². The van der Waals surface area contributed by atoms with E-state index in [-0.39, 0.29) is 0 Å². The molecule has 9 heteroatoms. The molecule has 0 aromatic carbocycles. The average Bonchev–Trinajstić information content (AvgIpc) is 3.12. The van der Waals surface area contributed by atoms with Gasteiger partial charge in [-0.2, -0.15) is 5.10 Å². The van der Waals surface area contributed by atoms with Gasteiger partial charge in [0.25, 0.3) is 0 Å². The SMILES string of the molecule is CN=C(NCc1cnc(N(C)C)n1C)NC1CCc2nc(C)nn2C1. The minimum absolute atomic E-state index is 0.295. The molecule has 0 amide bonds. The number of hydrogen-bond donors (Lipinski definition) is 2. The van der Waals surface area contributed by atoms with Crippen LogP contribution in [0.1, 0.15) is 23.8 Å². The fraction of sp³-hybridized carbons (Fsp3) is 0.625. The van der Waals surface area contributed by atoms with Crippen molar-refractivity contribution in [3.05, 3.63) is 23.5 Å². The molecule has 0 spiro atoms. The van der Waals surface area contributed by atoms with Crippen LogP contribution in [0.5, 0.6) is 0 Å². The third-order valence-corrected chi connectivity index (χ3v) is 4.43. The van der Waals surface area contributed by atoms with E-state index >= 15 is 0 Å². The average molecular weight is 345 g/mol. The standard InChI is InChI=1S/C16H27N9/c1-11-20-14-7-6-12(10-25(14)22-11)21-15(17-2)18-8-13-9-19-16(23(3)4)24(13)5/h9,12H,6-8,10H2,1-5H3,(H2,17,18,21). The lowest BCUT2D eigenvalue weighted by molar-refractivity contribution is 0.392. The largest absolute Gasteiger partial charge is 0.352 e. The summed E-state index contributed by atoms with van der Waals surface area (Å²) in [5, 5.41) is 11.3. The highest BCUT2D eigenvalue weighted by Gasteiger charge is 2.21. The second-order valence-corrected chi connectivity index (χ2v) is 6.57. The summed E-state index contributed by atoms with van der Waals surface area (Å²) in [6.45, 7) is 3.41. The van der Waals surface area contributed by atoms with E-state index in [4.69, 9.17) is 0 Å². The summed E-state index contributed by atoms with van der Waals surface area (Å²) in [5.74, 6) is 3.63. The number of guanidine groups is 1. The van der Waals surface area contributed by atoms with Crippen LogP contribution >= 0.6 is 0 Å². The predicted octanol–water partition coefficient (Wildman–Crippen LogP) is 0.0660. The van der Waals surface area contributed by atoms with Crippen molar-refractivity contribution in [3.8, 4) is 0 Å². The Bertz CT molecular complexity index is 756. The number of anilines is 1. The van der Waals surface area contributed by atoms with Crippen molar-refractivity contribution >= 4 is 11.9 Å². The number of nitrogens with zero attached hydrogens (tertiary/aromatic N) is 7. The molecule has 0 fully saturated rings. The van der Waals surface area contributed by atoms with Crippen molar-refractivity contribution in [2.75, 3.05) is 26.0 Å². The van der Waals surface area contributed by atoms with Gasteiger partial charge in [-0.15, -0.1) is 0 Å². The number of aromatic nitrogens is 5. The van der Waals surface area contributed by atoms with E-state index in [2.05, 4.69) is 35.3 Å². The van der Waals surface area contributed by atoms with E-state index in [1.165, 1.54) is 0 Å². The summed E-state index contributed by atoms with van der Waals surface area (Å²) in [7, 11) is 7.79. The number of hydrogen-bond acceptors (Lipinski definition) is 5. The van der Waals surface area contributed by atoms with E-state index in [1.54, 1.807) is 7.05 Å². The second-order valence-electron chi connectivity index (χ2n) is 6.57. The lowest BCUT2D eigenvalue weighted by Gasteiger charge is -2.25. The first-order valence-electron chi connectivity index (χ1n) is 8.53. The third-order valence-electron chi connectivity index (χ3n) is 4.43. The van der Waals surface area contributed by atoms with Crippen LogP contribution in [0.2, 0.25) is 0 Å². The minimum atomic E-state index is 0.295. The first kappa shape index (κ1) is 17.2. The molecule has 0 aliphatic carbocycles. The van der Waals surface area contributed by atoms with Crippen molar-refractivity contribution in [2.24, 2.45) is 12.0 Å². The Labute approximate surface area is 148 Å². The highest BCUT2D eigenvalue weighted by atomic mass is 15.4. The van der Waals surface area contributed by atoms with Crippen LogP contribution in [-0.4, -0.2) is 57.5 Å². The van der Waals surface area contributed by atoms with Gasteiger partial charge in [-0.25, -0.2) is 14.6 Å². The Morgan fingerprint density at radius 3 is 2.92 bits per heavy atom. The number of fused-ring (bicyclic) bond motifs is 1. The zero-order valence-corrected chi connectivity index (χ0v) is 15.6. The van der Waals surface area contributed by atoms with Crippen molar-refractivity contribution in [1.82, 2.24) is 34.9 Å². The van der Waals surface area contributed by atoms with Crippen molar-refractivity contribution in [3.63, 3.8) is 0 Å². The van der Waals surface area contributed by atoms with Gasteiger partial charge in [-0.1, -0.05) is 0 Å². The molecule has 2 aromatic rings. The quantitative estimate of drug-likeness (QED) is 0.602. The van der Waals surface area contributed by atoms with E-state index < -0.39 is 0 Å². The van der Waals surface area contributed by atoms with E-state index in [9.17, 15) is 0 Å². The molecule has 1 aliphatic rings. The van der Waals surface area contributed by atoms with Crippen molar-refractivity contribution in [1.29, 1.82) is 0 Å². The molecule has 136 valence electrons.